The minimum absolute atomic E-state index is 0.0770. The first kappa shape index (κ1) is 25.5. The summed E-state index contributed by atoms with van der Waals surface area (Å²) in [6, 6.07) is 38.0. The van der Waals surface area contributed by atoms with E-state index in [9.17, 15) is 4.79 Å². The normalized spacial score (nSPS) is 11.9. The smallest absolute Gasteiger partial charge is 0.232 e. The van der Waals surface area contributed by atoms with Gasteiger partial charge in [-0.2, -0.15) is 0 Å². The molecule has 1 heterocycles. The third kappa shape index (κ3) is 5.87. The van der Waals surface area contributed by atoms with E-state index >= 15 is 0 Å². The molecule has 5 rings (SSSR count). The minimum atomic E-state index is -0.428. The highest BCUT2D eigenvalue weighted by Crippen LogP contribution is 2.29. The summed E-state index contributed by atoms with van der Waals surface area (Å²) in [6.45, 7) is 4.03. The maximum absolute atomic E-state index is 13.8. The average molecular weight is 519 g/mol. The molecule has 0 saturated heterocycles. The van der Waals surface area contributed by atoms with Crippen molar-refractivity contribution in [2.45, 2.75) is 36.7 Å². The van der Waals surface area contributed by atoms with E-state index in [1.54, 1.807) is 11.8 Å². The Morgan fingerprint density at radius 3 is 1.92 bits per heavy atom. The molecule has 0 bridgehead atoms. The minimum Gasteiger partial charge on any atom is -0.346 e. The van der Waals surface area contributed by atoms with Crippen LogP contribution in [0.2, 0.25) is 0 Å². The van der Waals surface area contributed by atoms with Crippen molar-refractivity contribution in [3.05, 3.63) is 143 Å². The summed E-state index contributed by atoms with van der Waals surface area (Å²) in [5, 5.41) is 13.1. The van der Waals surface area contributed by atoms with E-state index in [-0.39, 0.29) is 11.9 Å². The van der Waals surface area contributed by atoms with Crippen molar-refractivity contribution in [3.8, 4) is 5.69 Å². The number of hydrogen-bond acceptors (Lipinski definition) is 4. The van der Waals surface area contributed by atoms with E-state index in [1.807, 2.05) is 85.8 Å². The van der Waals surface area contributed by atoms with Gasteiger partial charge in [-0.1, -0.05) is 120 Å². The highest BCUT2D eigenvalue weighted by Gasteiger charge is 2.27. The van der Waals surface area contributed by atoms with E-state index in [1.165, 1.54) is 11.1 Å². The predicted octanol–water partition coefficient (Wildman–Crippen LogP) is 6.88. The Balaban J connectivity index is 1.45. The Morgan fingerprint density at radius 2 is 1.34 bits per heavy atom. The molecular formula is C32H30N4OS. The molecule has 0 aliphatic rings. The van der Waals surface area contributed by atoms with Crippen LogP contribution in [0.3, 0.4) is 0 Å². The summed E-state index contributed by atoms with van der Waals surface area (Å²) in [6.07, 6.45) is 0. The quantitative estimate of drug-likeness (QED) is 0.216. The lowest BCUT2D eigenvalue weighted by atomic mass is 9.90. The number of rotatable bonds is 9. The Morgan fingerprint density at radius 1 is 0.789 bits per heavy atom. The third-order valence-electron chi connectivity index (χ3n) is 6.44. The fourth-order valence-electron chi connectivity index (χ4n) is 4.46. The molecule has 1 amide bonds. The van der Waals surface area contributed by atoms with Gasteiger partial charge in [0.2, 0.25) is 5.91 Å². The van der Waals surface area contributed by atoms with Crippen LogP contribution in [0.1, 0.15) is 47.0 Å². The van der Waals surface area contributed by atoms with Crippen LogP contribution >= 0.6 is 11.8 Å². The Bertz CT molecular complexity index is 1430. The standard InChI is InChI=1S/C32H30N4OS/c1-23-18-20-28(21-19-23)36-30(34-35-32(36)38-22-25-12-6-3-7-13-25)24(2)33-31(37)29(26-14-8-4-9-15-26)27-16-10-5-11-17-27/h3-21,24,29H,22H2,1-2H3,(H,33,37). The van der Waals surface area contributed by atoms with Crippen LogP contribution in [0, 0.1) is 6.92 Å². The van der Waals surface area contributed by atoms with Gasteiger partial charge in [-0.15, -0.1) is 10.2 Å². The first-order valence-corrected chi connectivity index (χ1v) is 13.7. The van der Waals surface area contributed by atoms with Gasteiger partial charge in [0.25, 0.3) is 0 Å². The number of thioether (sulfide) groups is 1. The molecule has 0 radical (unpaired) electrons. The van der Waals surface area contributed by atoms with Crippen molar-refractivity contribution >= 4 is 17.7 Å². The van der Waals surface area contributed by atoms with Gasteiger partial charge in [-0.25, -0.2) is 0 Å². The van der Waals surface area contributed by atoms with Crippen molar-refractivity contribution < 1.29 is 4.79 Å². The Kier molecular flexibility index (Phi) is 8.00. The highest BCUT2D eigenvalue weighted by atomic mass is 32.2. The number of aryl methyl sites for hydroxylation is 1. The third-order valence-corrected chi connectivity index (χ3v) is 7.44. The number of amides is 1. The molecule has 0 aliphatic heterocycles. The second-order valence-corrected chi connectivity index (χ2v) is 10.2. The van der Waals surface area contributed by atoms with Gasteiger partial charge in [0, 0.05) is 11.4 Å². The first-order valence-electron chi connectivity index (χ1n) is 12.7. The lowest BCUT2D eigenvalue weighted by Crippen LogP contribution is -2.33. The lowest BCUT2D eigenvalue weighted by molar-refractivity contribution is -0.122. The highest BCUT2D eigenvalue weighted by molar-refractivity contribution is 7.98. The number of carbonyl (C=O) groups excluding carboxylic acids is 1. The molecule has 1 N–H and O–H groups in total. The van der Waals surface area contributed by atoms with Crippen LogP contribution in [-0.4, -0.2) is 20.7 Å². The number of aromatic nitrogens is 3. The fourth-order valence-corrected chi connectivity index (χ4v) is 5.38. The molecule has 0 fully saturated rings. The molecule has 0 spiro atoms. The summed E-state index contributed by atoms with van der Waals surface area (Å²) >= 11 is 1.63. The van der Waals surface area contributed by atoms with Gasteiger partial charge in [0.1, 0.15) is 0 Å². The largest absolute Gasteiger partial charge is 0.346 e. The van der Waals surface area contributed by atoms with Gasteiger partial charge in [0.05, 0.1) is 12.0 Å². The van der Waals surface area contributed by atoms with Gasteiger partial charge in [-0.05, 0) is 42.7 Å². The summed E-state index contributed by atoms with van der Waals surface area (Å²) in [7, 11) is 0. The molecule has 1 unspecified atom stereocenters. The van der Waals surface area contributed by atoms with E-state index in [0.717, 1.165) is 27.7 Å². The predicted molar refractivity (Wildman–Crippen MR) is 153 cm³/mol. The first-order chi connectivity index (χ1) is 18.6. The Hall–Kier alpha value is -4.16. The molecule has 6 heteroatoms. The zero-order chi connectivity index (χ0) is 26.3. The summed E-state index contributed by atoms with van der Waals surface area (Å²) in [4.78, 5) is 13.8. The summed E-state index contributed by atoms with van der Waals surface area (Å²) in [5.41, 5.74) is 5.25. The molecule has 4 aromatic carbocycles. The van der Waals surface area contributed by atoms with Crippen LogP contribution in [0.25, 0.3) is 5.69 Å². The van der Waals surface area contributed by atoms with E-state index in [2.05, 4.69) is 63.4 Å². The van der Waals surface area contributed by atoms with Crippen molar-refractivity contribution in [2.24, 2.45) is 0 Å². The summed E-state index contributed by atoms with van der Waals surface area (Å²) in [5.74, 6) is 0.961. The number of hydrogen-bond donors (Lipinski definition) is 1. The van der Waals surface area contributed by atoms with Crippen LogP contribution in [0.4, 0.5) is 0 Å². The summed E-state index contributed by atoms with van der Waals surface area (Å²) < 4.78 is 2.05. The van der Waals surface area contributed by atoms with Gasteiger partial charge < -0.3 is 5.32 Å². The number of carbonyl (C=O) groups is 1. The average Bonchev–Trinajstić information content (AvgIpc) is 3.38. The van der Waals surface area contributed by atoms with Crippen LogP contribution in [0.15, 0.2) is 120 Å². The Labute approximate surface area is 228 Å². The zero-order valence-electron chi connectivity index (χ0n) is 21.5. The van der Waals surface area contributed by atoms with Gasteiger partial charge >= 0.3 is 0 Å². The number of nitrogens with one attached hydrogen (secondary N) is 1. The molecule has 1 aromatic heterocycles. The van der Waals surface area contributed by atoms with Gasteiger partial charge in [0.15, 0.2) is 11.0 Å². The maximum atomic E-state index is 13.8. The van der Waals surface area contributed by atoms with Crippen LogP contribution in [-0.2, 0) is 10.5 Å². The van der Waals surface area contributed by atoms with E-state index in [4.69, 9.17) is 0 Å². The maximum Gasteiger partial charge on any atom is 0.232 e. The van der Waals surface area contributed by atoms with Gasteiger partial charge in [-0.3, -0.25) is 9.36 Å². The molecule has 0 saturated carbocycles. The molecular weight excluding hydrogens is 488 g/mol. The monoisotopic (exact) mass is 518 g/mol. The second kappa shape index (κ2) is 11.9. The van der Waals surface area contributed by atoms with Crippen molar-refractivity contribution in [1.82, 2.24) is 20.1 Å². The zero-order valence-corrected chi connectivity index (χ0v) is 22.3. The van der Waals surface area contributed by atoms with Crippen LogP contribution in [0.5, 0.6) is 0 Å². The molecule has 1 atom stereocenters. The molecule has 38 heavy (non-hydrogen) atoms. The molecule has 190 valence electrons. The fraction of sp³-hybridized carbons (Fsp3) is 0.156. The molecule has 5 aromatic rings. The van der Waals surface area contributed by atoms with Crippen molar-refractivity contribution in [2.75, 3.05) is 0 Å². The van der Waals surface area contributed by atoms with E-state index in [0.29, 0.717) is 5.82 Å². The SMILES string of the molecule is Cc1ccc(-n2c(SCc3ccccc3)nnc2C(C)NC(=O)C(c2ccccc2)c2ccccc2)cc1. The van der Waals surface area contributed by atoms with E-state index < -0.39 is 5.92 Å². The molecule has 5 nitrogen and oxygen atoms in total. The topological polar surface area (TPSA) is 59.8 Å². The number of benzene rings is 4. The van der Waals surface area contributed by atoms with Crippen molar-refractivity contribution in [3.63, 3.8) is 0 Å². The second-order valence-electron chi connectivity index (χ2n) is 9.27. The van der Waals surface area contributed by atoms with Crippen LogP contribution < -0.4 is 5.32 Å². The lowest BCUT2D eigenvalue weighted by Gasteiger charge is -2.21. The number of nitrogens with zero attached hydrogens (tertiary/aromatic N) is 3. The van der Waals surface area contributed by atoms with Crippen molar-refractivity contribution in [1.29, 1.82) is 0 Å². The molecule has 0 aliphatic carbocycles.